The van der Waals surface area contributed by atoms with Gasteiger partial charge in [0.1, 0.15) is 11.6 Å². The maximum Gasteiger partial charge on any atom is 0.262 e. The molecule has 0 spiro atoms. The summed E-state index contributed by atoms with van der Waals surface area (Å²) in [5.74, 6) is -0.369. The third kappa shape index (κ3) is 4.21. The van der Waals surface area contributed by atoms with Gasteiger partial charge >= 0.3 is 0 Å². The first-order valence-electron chi connectivity index (χ1n) is 9.19. The summed E-state index contributed by atoms with van der Waals surface area (Å²) in [6.45, 7) is 6.46. The van der Waals surface area contributed by atoms with E-state index >= 15 is 0 Å². The van der Waals surface area contributed by atoms with Gasteiger partial charge in [-0.1, -0.05) is 48.0 Å². The van der Waals surface area contributed by atoms with Crippen LogP contribution < -0.4 is 5.32 Å². The van der Waals surface area contributed by atoms with Crippen molar-refractivity contribution >= 4 is 12.0 Å². The van der Waals surface area contributed by atoms with Gasteiger partial charge in [-0.15, -0.1) is 0 Å². The molecule has 4 heteroatoms. The number of nitriles is 1. The van der Waals surface area contributed by atoms with Crippen LogP contribution in [-0.2, 0) is 11.3 Å². The van der Waals surface area contributed by atoms with Gasteiger partial charge in [0.15, 0.2) is 0 Å². The maximum atomic E-state index is 12.5. The highest BCUT2D eigenvalue weighted by Crippen LogP contribution is 2.23. The van der Waals surface area contributed by atoms with Crippen LogP contribution in [-0.4, -0.2) is 10.5 Å². The third-order valence-electron chi connectivity index (χ3n) is 4.72. The van der Waals surface area contributed by atoms with Crippen LogP contribution in [0, 0.1) is 32.1 Å². The number of amides is 1. The molecule has 0 saturated heterocycles. The molecule has 1 N–H and O–H groups in total. The summed E-state index contributed by atoms with van der Waals surface area (Å²) in [5.41, 5.74) is 6.26. The SMILES string of the molecule is Cc1ccc(-n2c(C)cc(/C=C(/C#N)C(=O)NCc3ccccc3)c2C)cc1. The van der Waals surface area contributed by atoms with E-state index in [2.05, 4.69) is 41.1 Å². The van der Waals surface area contributed by atoms with Gasteiger partial charge < -0.3 is 9.88 Å². The normalized spacial score (nSPS) is 11.1. The molecule has 28 heavy (non-hydrogen) atoms. The van der Waals surface area contributed by atoms with Crippen molar-refractivity contribution in [2.75, 3.05) is 0 Å². The molecule has 4 nitrogen and oxygen atoms in total. The van der Waals surface area contributed by atoms with Crippen molar-refractivity contribution in [3.63, 3.8) is 0 Å². The number of hydrogen-bond acceptors (Lipinski definition) is 2. The number of aromatic nitrogens is 1. The molecule has 1 aromatic heterocycles. The van der Waals surface area contributed by atoms with Gasteiger partial charge in [0, 0.05) is 23.6 Å². The van der Waals surface area contributed by atoms with E-state index in [-0.39, 0.29) is 11.5 Å². The molecule has 3 aromatic rings. The molecule has 3 rings (SSSR count). The predicted octanol–water partition coefficient (Wildman–Crippen LogP) is 4.63. The molecule has 2 aromatic carbocycles. The summed E-state index contributed by atoms with van der Waals surface area (Å²) >= 11 is 0. The number of carbonyl (C=O) groups is 1. The highest BCUT2D eigenvalue weighted by molar-refractivity contribution is 6.01. The molecule has 1 heterocycles. The second-order valence-corrected chi connectivity index (χ2v) is 6.84. The van der Waals surface area contributed by atoms with Crippen LogP contribution in [0.2, 0.25) is 0 Å². The fraction of sp³-hybridized carbons (Fsp3) is 0.167. The lowest BCUT2D eigenvalue weighted by atomic mass is 10.1. The molecule has 0 unspecified atom stereocenters. The molecular weight excluding hydrogens is 346 g/mol. The molecule has 0 aliphatic rings. The van der Waals surface area contributed by atoms with Gasteiger partial charge in [0.05, 0.1) is 0 Å². The third-order valence-corrected chi connectivity index (χ3v) is 4.72. The highest BCUT2D eigenvalue weighted by Gasteiger charge is 2.13. The summed E-state index contributed by atoms with van der Waals surface area (Å²) < 4.78 is 2.13. The maximum absolute atomic E-state index is 12.5. The number of nitrogens with zero attached hydrogens (tertiary/aromatic N) is 2. The van der Waals surface area contributed by atoms with E-state index in [0.29, 0.717) is 6.54 Å². The fourth-order valence-electron chi connectivity index (χ4n) is 3.20. The lowest BCUT2D eigenvalue weighted by molar-refractivity contribution is -0.117. The van der Waals surface area contributed by atoms with Crippen molar-refractivity contribution in [1.29, 1.82) is 5.26 Å². The summed E-state index contributed by atoms with van der Waals surface area (Å²) in [6, 6.07) is 21.9. The molecule has 0 fully saturated rings. The van der Waals surface area contributed by atoms with Crippen molar-refractivity contribution in [3.8, 4) is 11.8 Å². The number of aryl methyl sites for hydroxylation is 2. The van der Waals surface area contributed by atoms with Crippen LogP contribution in [0.5, 0.6) is 0 Å². The van der Waals surface area contributed by atoms with E-state index in [1.54, 1.807) is 6.08 Å². The summed E-state index contributed by atoms with van der Waals surface area (Å²) in [5, 5.41) is 12.3. The van der Waals surface area contributed by atoms with Gasteiger partial charge in [-0.3, -0.25) is 4.79 Å². The number of hydrogen-bond donors (Lipinski definition) is 1. The van der Waals surface area contributed by atoms with E-state index in [1.807, 2.05) is 56.3 Å². The van der Waals surface area contributed by atoms with E-state index < -0.39 is 0 Å². The molecular formula is C24H23N3O. The Morgan fingerprint density at radius 2 is 1.75 bits per heavy atom. The fourth-order valence-corrected chi connectivity index (χ4v) is 3.20. The quantitative estimate of drug-likeness (QED) is 0.527. The van der Waals surface area contributed by atoms with Crippen LogP contribution >= 0.6 is 0 Å². The van der Waals surface area contributed by atoms with Crippen LogP contribution in [0.1, 0.15) is 28.1 Å². The average Bonchev–Trinajstić information content (AvgIpc) is 2.99. The smallest absolute Gasteiger partial charge is 0.262 e. The average molecular weight is 369 g/mol. The zero-order chi connectivity index (χ0) is 20.1. The number of benzene rings is 2. The Balaban J connectivity index is 1.84. The molecule has 1 amide bonds. The summed E-state index contributed by atoms with van der Waals surface area (Å²) in [7, 11) is 0. The minimum Gasteiger partial charge on any atom is -0.347 e. The van der Waals surface area contributed by atoms with E-state index in [1.165, 1.54) is 5.56 Å². The zero-order valence-corrected chi connectivity index (χ0v) is 16.4. The minimum atomic E-state index is -0.369. The number of nitrogens with one attached hydrogen (secondary N) is 1. The van der Waals surface area contributed by atoms with Crippen molar-refractivity contribution < 1.29 is 4.79 Å². The minimum absolute atomic E-state index is 0.0973. The number of carbonyl (C=O) groups excluding carboxylic acids is 1. The Morgan fingerprint density at radius 1 is 1.07 bits per heavy atom. The molecule has 140 valence electrons. The first kappa shape index (κ1) is 19.2. The van der Waals surface area contributed by atoms with Gasteiger partial charge in [-0.25, -0.2) is 0 Å². The molecule has 0 saturated carbocycles. The standard InChI is InChI=1S/C24H23N3O/c1-17-9-11-23(12-10-17)27-18(2)13-21(19(27)3)14-22(15-25)24(28)26-16-20-7-5-4-6-8-20/h4-14H,16H2,1-3H3,(H,26,28)/b22-14-. The lowest BCUT2D eigenvalue weighted by Gasteiger charge is -2.10. The number of rotatable bonds is 5. The first-order chi connectivity index (χ1) is 13.5. The van der Waals surface area contributed by atoms with Gasteiger partial charge in [0.25, 0.3) is 5.91 Å². The van der Waals surface area contributed by atoms with Crippen molar-refractivity contribution in [3.05, 3.63) is 94.3 Å². The van der Waals surface area contributed by atoms with Gasteiger partial charge in [0.2, 0.25) is 0 Å². The van der Waals surface area contributed by atoms with Crippen LogP contribution in [0.25, 0.3) is 11.8 Å². The summed E-state index contributed by atoms with van der Waals surface area (Å²) in [4.78, 5) is 12.5. The zero-order valence-electron chi connectivity index (χ0n) is 16.4. The molecule has 0 radical (unpaired) electrons. The molecule has 0 bridgehead atoms. The van der Waals surface area contributed by atoms with Gasteiger partial charge in [-0.05, 0) is 56.2 Å². The summed E-state index contributed by atoms with van der Waals surface area (Å²) in [6.07, 6.45) is 1.66. The van der Waals surface area contributed by atoms with Crippen molar-refractivity contribution in [2.45, 2.75) is 27.3 Å². The topological polar surface area (TPSA) is 57.8 Å². The predicted molar refractivity (Wildman–Crippen MR) is 112 cm³/mol. The second-order valence-electron chi connectivity index (χ2n) is 6.84. The monoisotopic (exact) mass is 369 g/mol. The lowest BCUT2D eigenvalue weighted by Crippen LogP contribution is -2.23. The van der Waals surface area contributed by atoms with Crippen molar-refractivity contribution in [1.82, 2.24) is 9.88 Å². The van der Waals surface area contributed by atoms with Crippen LogP contribution in [0.3, 0.4) is 0 Å². The van der Waals surface area contributed by atoms with E-state index in [0.717, 1.165) is 28.2 Å². The Kier molecular flexibility index (Phi) is 5.76. The Bertz CT molecular complexity index is 1050. The van der Waals surface area contributed by atoms with E-state index in [4.69, 9.17) is 0 Å². The largest absolute Gasteiger partial charge is 0.347 e. The second kappa shape index (κ2) is 8.41. The Morgan fingerprint density at radius 3 is 2.39 bits per heavy atom. The van der Waals surface area contributed by atoms with Crippen molar-refractivity contribution in [2.24, 2.45) is 0 Å². The van der Waals surface area contributed by atoms with Gasteiger partial charge in [-0.2, -0.15) is 5.26 Å². The molecule has 0 aliphatic carbocycles. The Hall–Kier alpha value is -3.58. The first-order valence-corrected chi connectivity index (χ1v) is 9.19. The van der Waals surface area contributed by atoms with E-state index in [9.17, 15) is 10.1 Å². The van der Waals surface area contributed by atoms with Crippen LogP contribution in [0.4, 0.5) is 0 Å². The molecule has 0 atom stereocenters. The highest BCUT2D eigenvalue weighted by atomic mass is 16.1. The molecule has 0 aliphatic heterocycles. The Labute approximate surface area is 165 Å². The van der Waals surface area contributed by atoms with Crippen LogP contribution in [0.15, 0.2) is 66.2 Å².